The molecule has 0 bridgehead atoms. The summed E-state index contributed by atoms with van der Waals surface area (Å²) in [5.74, 6) is -2.87. The van der Waals surface area contributed by atoms with E-state index in [-0.39, 0.29) is 17.9 Å². The minimum atomic E-state index is -2.88. The first kappa shape index (κ1) is 13.6. The van der Waals surface area contributed by atoms with E-state index in [0.717, 1.165) is 0 Å². The molecular weight excluding hydrogens is 224 g/mol. The highest BCUT2D eigenvalue weighted by Gasteiger charge is 2.32. The first-order chi connectivity index (χ1) is 7.92. The lowest BCUT2D eigenvalue weighted by Gasteiger charge is -2.23. The van der Waals surface area contributed by atoms with Gasteiger partial charge in [-0.05, 0) is 7.05 Å². The smallest absolute Gasteiger partial charge is 0.285 e. The predicted octanol–water partition coefficient (Wildman–Crippen LogP) is 2.04. The lowest BCUT2D eigenvalue weighted by molar-refractivity contribution is -0.0316. The van der Waals surface area contributed by atoms with Gasteiger partial charge in [0.25, 0.3) is 5.92 Å². The summed E-state index contributed by atoms with van der Waals surface area (Å²) in [5, 5.41) is 7.05. The van der Waals surface area contributed by atoms with Crippen molar-refractivity contribution in [2.24, 2.45) is 5.73 Å². The van der Waals surface area contributed by atoms with Crippen molar-refractivity contribution < 1.29 is 8.78 Å². The van der Waals surface area contributed by atoms with E-state index in [9.17, 15) is 8.78 Å². The Morgan fingerprint density at radius 3 is 2.47 bits per heavy atom. The molecule has 1 aromatic rings. The van der Waals surface area contributed by atoms with Crippen LogP contribution in [-0.4, -0.2) is 30.9 Å². The van der Waals surface area contributed by atoms with E-state index < -0.39 is 5.92 Å². The number of halogens is 2. The SMILES string of the molecule is CN(CCC(=N)N)CC(F)(F)c1ccccc1. The van der Waals surface area contributed by atoms with Crippen LogP contribution in [0.1, 0.15) is 12.0 Å². The van der Waals surface area contributed by atoms with Crippen LogP contribution in [0.25, 0.3) is 0 Å². The Labute approximate surface area is 99.7 Å². The largest absolute Gasteiger partial charge is 0.388 e. The zero-order chi connectivity index (χ0) is 12.9. The molecule has 94 valence electrons. The van der Waals surface area contributed by atoms with Gasteiger partial charge in [-0.15, -0.1) is 0 Å². The second-order valence-electron chi connectivity index (χ2n) is 4.08. The zero-order valence-corrected chi connectivity index (χ0v) is 9.79. The lowest BCUT2D eigenvalue weighted by atomic mass is 10.1. The highest BCUT2D eigenvalue weighted by Crippen LogP contribution is 2.28. The standard InChI is InChI=1S/C12H17F2N3/c1-17(8-7-11(15)16)9-12(13,14)10-5-3-2-4-6-10/h2-6H,7-9H2,1H3,(H3,15,16). The van der Waals surface area contributed by atoms with Crippen molar-refractivity contribution in [1.29, 1.82) is 5.41 Å². The van der Waals surface area contributed by atoms with Gasteiger partial charge in [-0.25, -0.2) is 0 Å². The molecule has 3 N–H and O–H groups in total. The second kappa shape index (κ2) is 5.72. The molecule has 0 atom stereocenters. The van der Waals surface area contributed by atoms with Crippen molar-refractivity contribution in [3.8, 4) is 0 Å². The third kappa shape index (κ3) is 4.48. The van der Waals surface area contributed by atoms with Crippen molar-refractivity contribution >= 4 is 5.84 Å². The van der Waals surface area contributed by atoms with Crippen molar-refractivity contribution in [2.75, 3.05) is 20.1 Å². The van der Waals surface area contributed by atoms with E-state index >= 15 is 0 Å². The number of hydrogen-bond acceptors (Lipinski definition) is 2. The summed E-state index contributed by atoms with van der Waals surface area (Å²) in [6, 6.07) is 7.73. The summed E-state index contributed by atoms with van der Waals surface area (Å²) in [5.41, 5.74) is 5.19. The number of likely N-dealkylation sites (N-methyl/N-ethyl adjacent to an activating group) is 1. The molecule has 0 unspecified atom stereocenters. The zero-order valence-electron chi connectivity index (χ0n) is 9.79. The lowest BCUT2D eigenvalue weighted by Crippen LogP contribution is -2.34. The molecule has 0 aliphatic carbocycles. The molecule has 0 spiro atoms. The van der Waals surface area contributed by atoms with Gasteiger partial charge in [0.05, 0.1) is 12.4 Å². The number of nitrogens with one attached hydrogen (secondary N) is 1. The van der Waals surface area contributed by atoms with E-state index in [1.54, 1.807) is 25.2 Å². The molecule has 0 amide bonds. The molecule has 0 fully saturated rings. The topological polar surface area (TPSA) is 53.1 Å². The number of amidine groups is 1. The first-order valence-corrected chi connectivity index (χ1v) is 5.36. The van der Waals surface area contributed by atoms with Crippen LogP contribution in [0.3, 0.4) is 0 Å². The van der Waals surface area contributed by atoms with Crippen LogP contribution < -0.4 is 5.73 Å². The predicted molar refractivity (Wildman–Crippen MR) is 64.4 cm³/mol. The Balaban J connectivity index is 2.57. The van der Waals surface area contributed by atoms with Gasteiger partial charge in [0.15, 0.2) is 0 Å². The number of rotatable bonds is 6. The van der Waals surface area contributed by atoms with Crippen molar-refractivity contribution in [1.82, 2.24) is 4.90 Å². The molecule has 0 saturated heterocycles. The Hall–Kier alpha value is -1.49. The fourth-order valence-electron chi connectivity index (χ4n) is 1.50. The Morgan fingerprint density at radius 1 is 1.35 bits per heavy atom. The molecule has 0 saturated carbocycles. The summed E-state index contributed by atoms with van der Waals surface area (Å²) in [6.45, 7) is -0.0119. The van der Waals surface area contributed by atoms with Gasteiger partial charge < -0.3 is 5.73 Å². The molecule has 0 aliphatic heterocycles. The van der Waals surface area contributed by atoms with Gasteiger partial charge >= 0.3 is 0 Å². The van der Waals surface area contributed by atoms with Gasteiger partial charge in [0.2, 0.25) is 0 Å². The van der Waals surface area contributed by atoms with E-state index in [1.165, 1.54) is 17.0 Å². The van der Waals surface area contributed by atoms with Gasteiger partial charge in [-0.2, -0.15) is 8.78 Å². The Morgan fingerprint density at radius 2 is 1.94 bits per heavy atom. The van der Waals surface area contributed by atoms with Crippen molar-refractivity contribution in [2.45, 2.75) is 12.3 Å². The summed E-state index contributed by atoms with van der Waals surface area (Å²) >= 11 is 0. The van der Waals surface area contributed by atoms with Crippen molar-refractivity contribution in [3.63, 3.8) is 0 Å². The molecular formula is C12H17F2N3. The molecule has 0 aromatic heterocycles. The fraction of sp³-hybridized carbons (Fsp3) is 0.417. The van der Waals surface area contributed by atoms with E-state index in [4.69, 9.17) is 11.1 Å². The Kier molecular flexibility index (Phi) is 4.57. The molecule has 0 aliphatic rings. The van der Waals surface area contributed by atoms with Crippen LogP contribution in [0.4, 0.5) is 8.78 Å². The number of nitrogens with zero attached hydrogens (tertiary/aromatic N) is 1. The maximum atomic E-state index is 13.8. The summed E-state index contributed by atoms with van der Waals surface area (Å²) in [4.78, 5) is 1.48. The summed E-state index contributed by atoms with van der Waals surface area (Å²) < 4.78 is 27.6. The molecule has 0 heterocycles. The van der Waals surface area contributed by atoms with E-state index in [0.29, 0.717) is 13.0 Å². The molecule has 1 aromatic carbocycles. The molecule has 3 nitrogen and oxygen atoms in total. The van der Waals surface area contributed by atoms with Crippen LogP contribution in [-0.2, 0) is 5.92 Å². The van der Waals surface area contributed by atoms with E-state index in [2.05, 4.69) is 0 Å². The van der Waals surface area contributed by atoms with Gasteiger partial charge in [0, 0.05) is 18.5 Å². The Bertz CT molecular complexity index is 365. The molecule has 17 heavy (non-hydrogen) atoms. The third-order valence-electron chi connectivity index (χ3n) is 2.43. The van der Waals surface area contributed by atoms with Crippen LogP contribution >= 0.6 is 0 Å². The summed E-state index contributed by atoms with van der Waals surface area (Å²) in [6.07, 6.45) is 0.307. The maximum Gasteiger partial charge on any atom is 0.285 e. The van der Waals surface area contributed by atoms with Crippen LogP contribution in [0.2, 0.25) is 0 Å². The van der Waals surface area contributed by atoms with Gasteiger partial charge in [0.1, 0.15) is 0 Å². The first-order valence-electron chi connectivity index (χ1n) is 5.36. The quantitative estimate of drug-likeness (QED) is 0.591. The minimum absolute atomic E-state index is 0.00896. The van der Waals surface area contributed by atoms with Gasteiger partial charge in [-0.1, -0.05) is 30.3 Å². The summed E-state index contributed by atoms with van der Waals surface area (Å²) in [7, 11) is 1.60. The number of nitrogens with two attached hydrogens (primary N) is 1. The monoisotopic (exact) mass is 241 g/mol. The van der Waals surface area contributed by atoms with Gasteiger partial charge in [-0.3, -0.25) is 10.3 Å². The number of alkyl halides is 2. The normalized spacial score (nSPS) is 11.8. The van der Waals surface area contributed by atoms with Crippen molar-refractivity contribution in [3.05, 3.63) is 35.9 Å². The molecule has 5 heteroatoms. The van der Waals surface area contributed by atoms with Crippen LogP contribution in [0.5, 0.6) is 0 Å². The number of hydrogen-bond donors (Lipinski definition) is 2. The average Bonchev–Trinajstić information content (AvgIpc) is 2.27. The highest BCUT2D eigenvalue weighted by molar-refractivity contribution is 5.76. The average molecular weight is 241 g/mol. The fourth-order valence-corrected chi connectivity index (χ4v) is 1.50. The minimum Gasteiger partial charge on any atom is -0.388 e. The van der Waals surface area contributed by atoms with Crippen LogP contribution in [0.15, 0.2) is 30.3 Å². The third-order valence-corrected chi connectivity index (χ3v) is 2.43. The maximum absolute atomic E-state index is 13.8. The second-order valence-corrected chi connectivity index (χ2v) is 4.08. The highest BCUT2D eigenvalue weighted by atomic mass is 19.3. The van der Waals surface area contributed by atoms with E-state index in [1.807, 2.05) is 0 Å². The molecule has 0 radical (unpaired) electrons. The number of benzene rings is 1. The molecule has 1 rings (SSSR count). The van der Waals surface area contributed by atoms with Crippen LogP contribution in [0, 0.1) is 5.41 Å².